The Morgan fingerprint density at radius 1 is 1.41 bits per heavy atom. The van der Waals surface area contributed by atoms with Gasteiger partial charge >= 0.3 is 0 Å². The molecule has 0 aromatic carbocycles. The third kappa shape index (κ3) is 3.60. The molecule has 2 saturated heterocycles. The first-order valence-corrected chi connectivity index (χ1v) is 8.47. The number of ether oxygens (including phenoxy) is 1. The molecule has 2 aliphatic rings. The number of carbonyl (C=O) groups excluding carboxylic acids is 1. The quantitative estimate of drug-likeness (QED) is 0.832. The highest BCUT2D eigenvalue weighted by Crippen LogP contribution is 2.23. The second-order valence-corrected chi connectivity index (χ2v) is 6.53. The Hall–Kier alpha value is -0.720. The number of piperidine rings is 1. The fraction of sp³-hybridized carbons (Fsp3) is 0.938. The van der Waals surface area contributed by atoms with Crippen LogP contribution in [0.5, 0.6) is 0 Å². The lowest BCUT2D eigenvalue weighted by Crippen LogP contribution is -2.55. The Morgan fingerprint density at radius 3 is 2.73 bits per heavy atom. The molecule has 1 N–H and O–H groups in total. The van der Waals surface area contributed by atoms with E-state index in [1.807, 2.05) is 6.92 Å². The van der Waals surface area contributed by atoms with Crippen molar-refractivity contribution in [3.05, 3.63) is 0 Å². The zero-order chi connectivity index (χ0) is 16.3. The van der Waals surface area contributed by atoms with Crippen molar-refractivity contribution in [3.63, 3.8) is 0 Å². The molecular weight excluding hydrogens is 285 g/mol. The molecule has 0 radical (unpaired) electrons. The molecule has 0 aliphatic carbocycles. The fourth-order valence-electron chi connectivity index (χ4n) is 3.66. The van der Waals surface area contributed by atoms with Crippen LogP contribution in [-0.4, -0.2) is 73.0 Å². The first kappa shape index (κ1) is 17.6. The summed E-state index contributed by atoms with van der Waals surface area (Å²) < 4.78 is 19.2. The molecule has 0 spiro atoms. The van der Waals surface area contributed by atoms with Crippen LogP contribution in [0.4, 0.5) is 4.39 Å². The van der Waals surface area contributed by atoms with Crippen LogP contribution in [0.3, 0.4) is 0 Å². The van der Waals surface area contributed by atoms with Gasteiger partial charge in [-0.2, -0.15) is 0 Å². The Bertz CT molecular complexity index is 382. The fourth-order valence-corrected chi connectivity index (χ4v) is 3.66. The monoisotopic (exact) mass is 315 g/mol. The number of nitrogens with one attached hydrogen (secondary N) is 1. The van der Waals surface area contributed by atoms with E-state index in [-0.39, 0.29) is 36.8 Å². The average molecular weight is 315 g/mol. The van der Waals surface area contributed by atoms with Crippen LogP contribution in [0.25, 0.3) is 0 Å². The molecule has 6 heteroatoms. The summed E-state index contributed by atoms with van der Waals surface area (Å²) in [5.41, 5.74) is 0. The number of carbonyl (C=O) groups is 1. The van der Waals surface area contributed by atoms with Crippen LogP contribution in [-0.2, 0) is 9.53 Å². The third-order valence-electron chi connectivity index (χ3n) is 4.95. The Labute approximate surface area is 133 Å². The Balaban J connectivity index is 2.03. The van der Waals surface area contributed by atoms with Gasteiger partial charge in [0.05, 0.1) is 18.8 Å². The summed E-state index contributed by atoms with van der Waals surface area (Å²) in [5.74, 6) is 0.0534. The summed E-state index contributed by atoms with van der Waals surface area (Å²) in [6.45, 7) is 7.92. The molecule has 2 aliphatic heterocycles. The molecule has 0 aromatic rings. The molecule has 2 heterocycles. The van der Waals surface area contributed by atoms with Crippen LogP contribution in [0.15, 0.2) is 0 Å². The molecule has 5 unspecified atom stereocenters. The number of likely N-dealkylation sites (tertiary alicyclic amines) is 1. The van der Waals surface area contributed by atoms with Crippen molar-refractivity contribution in [1.29, 1.82) is 0 Å². The number of halogens is 1. The third-order valence-corrected chi connectivity index (χ3v) is 4.95. The first-order chi connectivity index (χ1) is 10.5. The molecule has 128 valence electrons. The second kappa shape index (κ2) is 7.70. The van der Waals surface area contributed by atoms with Crippen LogP contribution in [0.1, 0.15) is 40.0 Å². The second-order valence-electron chi connectivity index (χ2n) is 6.53. The van der Waals surface area contributed by atoms with Crippen molar-refractivity contribution >= 4 is 5.91 Å². The number of alkyl halides is 1. The van der Waals surface area contributed by atoms with E-state index in [2.05, 4.69) is 24.1 Å². The van der Waals surface area contributed by atoms with E-state index in [4.69, 9.17) is 4.74 Å². The number of hydrogen-bond donors (Lipinski definition) is 1. The van der Waals surface area contributed by atoms with Gasteiger partial charge in [0.25, 0.3) is 0 Å². The number of rotatable bonds is 5. The molecule has 0 aromatic heterocycles. The zero-order valence-electron chi connectivity index (χ0n) is 14.2. The average Bonchev–Trinajstić information content (AvgIpc) is 2.78. The molecule has 2 rings (SSSR count). The van der Waals surface area contributed by atoms with Crippen molar-refractivity contribution in [2.75, 3.05) is 26.7 Å². The lowest BCUT2D eigenvalue weighted by Gasteiger charge is -2.37. The van der Waals surface area contributed by atoms with E-state index < -0.39 is 6.17 Å². The van der Waals surface area contributed by atoms with Gasteiger partial charge in [0.15, 0.2) is 0 Å². The molecule has 5 atom stereocenters. The van der Waals surface area contributed by atoms with Gasteiger partial charge in [-0.25, -0.2) is 4.39 Å². The number of unbranched alkanes of at least 4 members (excludes halogenated alkanes) is 1. The minimum absolute atomic E-state index is 0.0534. The molecular formula is C16H30FN3O2. The highest BCUT2D eigenvalue weighted by atomic mass is 19.1. The maximum atomic E-state index is 14.1. The van der Waals surface area contributed by atoms with Gasteiger partial charge in [0, 0.05) is 26.2 Å². The summed E-state index contributed by atoms with van der Waals surface area (Å²) >= 11 is 0. The van der Waals surface area contributed by atoms with Crippen molar-refractivity contribution in [2.24, 2.45) is 0 Å². The zero-order valence-corrected chi connectivity index (χ0v) is 14.2. The molecule has 22 heavy (non-hydrogen) atoms. The van der Waals surface area contributed by atoms with Gasteiger partial charge < -0.3 is 9.64 Å². The Morgan fingerprint density at radius 2 is 2.14 bits per heavy atom. The minimum atomic E-state index is -1.09. The predicted octanol–water partition coefficient (Wildman–Crippen LogP) is 1.38. The van der Waals surface area contributed by atoms with Gasteiger partial charge in [-0.15, -0.1) is 0 Å². The maximum Gasteiger partial charge on any atom is 0.241 e. The van der Waals surface area contributed by atoms with Gasteiger partial charge in [-0.1, -0.05) is 13.3 Å². The number of amides is 1. The lowest BCUT2D eigenvalue weighted by atomic mass is 10.0. The van der Waals surface area contributed by atoms with Gasteiger partial charge in [0.2, 0.25) is 5.91 Å². The van der Waals surface area contributed by atoms with Crippen molar-refractivity contribution in [2.45, 2.75) is 70.6 Å². The van der Waals surface area contributed by atoms with Crippen molar-refractivity contribution < 1.29 is 13.9 Å². The molecule has 2 fully saturated rings. The summed E-state index contributed by atoms with van der Waals surface area (Å²) in [7, 11) is 1.53. The predicted molar refractivity (Wildman–Crippen MR) is 84.4 cm³/mol. The standard InChI is InChI=1S/C16H30FN3O2/c1-5-6-8-20-12(3)18-11(2)15(20)16(21)19-9-7-14(22-4)13(17)10-19/h11-15,18H,5-10H2,1-4H3. The SMILES string of the molecule is CCCCN1C(C)NC(C)C1C(=O)N1CCC(OC)C(F)C1. The molecule has 0 bridgehead atoms. The lowest BCUT2D eigenvalue weighted by molar-refractivity contribution is -0.141. The minimum Gasteiger partial charge on any atom is -0.378 e. The van der Waals surface area contributed by atoms with E-state index in [1.165, 1.54) is 7.11 Å². The van der Waals surface area contributed by atoms with E-state index in [9.17, 15) is 9.18 Å². The summed E-state index contributed by atoms with van der Waals surface area (Å²) in [6, 6.07) is -0.0922. The summed E-state index contributed by atoms with van der Waals surface area (Å²) in [6.07, 6.45) is 1.47. The van der Waals surface area contributed by atoms with Gasteiger partial charge in [-0.05, 0) is 26.7 Å². The van der Waals surface area contributed by atoms with Crippen LogP contribution < -0.4 is 5.32 Å². The first-order valence-electron chi connectivity index (χ1n) is 8.47. The normalized spacial score (nSPS) is 36.8. The molecule has 0 saturated carbocycles. The highest BCUT2D eigenvalue weighted by molar-refractivity contribution is 5.83. The van der Waals surface area contributed by atoms with Crippen molar-refractivity contribution in [3.8, 4) is 0 Å². The maximum absolute atomic E-state index is 14.1. The van der Waals surface area contributed by atoms with Crippen LogP contribution in [0.2, 0.25) is 0 Å². The molecule has 1 amide bonds. The van der Waals surface area contributed by atoms with Gasteiger partial charge in [-0.3, -0.25) is 15.0 Å². The van der Waals surface area contributed by atoms with Gasteiger partial charge in [0.1, 0.15) is 12.2 Å². The topological polar surface area (TPSA) is 44.8 Å². The van der Waals surface area contributed by atoms with E-state index in [0.29, 0.717) is 13.0 Å². The number of nitrogens with zero attached hydrogens (tertiary/aromatic N) is 2. The van der Waals surface area contributed by atoms with Crippen LogP contribution >= 0.6 is 0 Å². The van der Waals surface area contributed by atoms with E-state index >= 15 is 0 Å². The summed E-state index contributed by atoms with van der Waals surface area (Å²) in [4.78, 5) is 16.8. The van der Waals surface area contributed by atoms with E-state index in [1.54, 1.807) is 4.90 Å². The smallest absolute Gasteiger partial charge is 0.241 e. The Kier molecular flexibility index (Phi) is 6.17. The van der Waals surface area contributed by atoms with E-state index in [0.717, 1.165) is 19.4 Å². The largest absolute Gasteiger partial charge is 0.378 e. The highest BCUT2D eigenvalue weighted by Gasteiger charge is 2.43. The van der Waals surface area contributed by atoms with Crippen molar-refractivity contribution in [1.82, 2.24) is 15.1 Å². The number of methoxy groups -OCH3 is 1. The molecule has 5 nitrogen and oxygen atoms in total. The number of hydrogen-bond acceptors (Lipinski definition) is 4. The summed E-state index contributed by atoms with van der Waals surface area (Å²) in [5, 5.41) is 3.44. The van der Waals surface area contributed by atoms with Crippen LogP contribution in [0, 0.1) is 0 Å².